The van der Waals surface area contributed by atoms with Gasteiger partial charge in [0.25, 0.3) is 5.91 Å². The van der Waals surface area contributed by atoms with E-state index in [4.69, 9.17) is 9.72 Å². The monoisotopic (exact) mass is 651 g/mol. The molecule has 3 N–H and O–H groups in total. The molecule has 2 fully saturated rings. The Morgan fingerprint density at radius 2 is 1.89 bits per heavy atom. The van der Waals surface area contributed by atoms with Gasteiger partial charge >= 0.3 is 0 Å². The van der Waals surface area contributed by atoms with E-state index >= 15 is 4.39 Å². The highest BCUT2D eigenvalue weighted by atomic mass is 19.1. The summed E-state index contributed by atoms with van der Waals surface area (Å²) >= 11 is 0. The number of aromatic nitrogens is 2. The van der Waals surface area contributed by atoms with E-state index in [-0.39, 0.29) is 41.5 Å². The zero-order chi connectivity index (χ0) is 33.3. The Hall–Kier alpha value is -3.67. The second-order valence-corrected chi connectivity index (χ2v) is 12.8. The molecule has 0 bridgehead atoms. The summed E-state index contributed by atoms with van der Waals surface area (Å²) in [4.78, 5) is 34.0. The molecule has 2 aromatic carbocycles. The van der Waals surface area contributed by atoms with Gasteiger partial charge in [-0.25, -0.2) is 13.8 Å². The molecule has 3 heterocycles. The third-order valence-corrected chi connectivity index (χ3v) is 9.35. The summed E-state index contributed by atoms with van der Waals surface area (Å²) < 4.78 is 37.1. The number of benzene rings is 2. The molecule has 1 aromatic heterocycles. The van der Waals surface area contributed by atoms with E-state index in [0.717, 1.165) is 43.0 Å². The fourth-order valence-electron chi connectivity index (χ4n) is 6.82. The van der Waals surface area contributed by atoms with Gasteiger partial charge in [0.15, 0.2) is 0 Å². The van der Waals surface area contributed by atoms with Gasteiger partial charge in [-0.1, -0.05) is 50.1 Å². The van der Waals surface area contributed by atoms with Gasteiger partial charge in [-0.05, 0) is 55.9 Å². The minimum Gasteiger partial charge on any atom is -0.384 e. The van der Waals surface area contributed by atoms with Crippen LogP contribution in [0.1, 0.15) is 63.4 Å². The molecule has 254 valence electrons. The van der Waals surface area contributed by atoms with Gasteiger partial charge in [0.1, 0.15) is 23.6 Å². The zero-order valence-electron chi connectivity index (χ0n) is 27.3. The van der Waals surface area contributed by atoms with Crippen LogP contribution in [0.4, 0.5) is 8.78 Å². The number of hydrogen-bond donors (Lipinski definition) is 3. The van der Waals surface area contributed by atoms with Crippen molar-refractivity contribution in [3.05, 3.63) is 77.8 Å². The molecule has 0 saturated carbocycles. The Balaban J connectivity index is 1.57. The molecule has 0 radical (unpaired) electrons. The van der Waals surface area contributed by atoms with Crippen LogP contribution in [0.5, 0.6) is 0 Å². The van der Waals surface area contributed by atoms with Crippen molar-refractivity contribution >= 4 is 11.8 Å². The molecule has 2 saturated heterocycles. The van der Waals surface area contributed by atoms with Gasteiger partial charge in [-0.2, -0.15) is 0 Å². The number of carbonyl (C=O) groups excluding carboxylic acids is 2. The predicted octanol–water partition coefficient (Wildman–Crippen LogP) is 4.70. The van der Waals surface area contributed by atoms with Gasteiger partial charge in [-0.15, -0.1) is 0 Å². The Bertz CT molecular complexity index is 1480. The number of imidazole rings is 1. The van der Waals surface area contributed by atoms with Gasteiger partial charge in [0, 0.05) is 63.6 Å². The highest BCUT2D eigenvalue weighted by molar-refractivity contribution is 5.82. The van der Waals surface area contributed by atoms with Crippen molar-refractivity contribution in [1.29, 1.82) is 0 Å². The summed E-state index contributed by atoms with van der Waals surface area (Å²) in [7, 11) is 0. The van der Waals surface area contributed by atoms with Crippen molar-refractivity contribution in [2.75, 3.05) is 39.4 Å². The highest BCUT2D eigenvalue weighted by Crippen LogP contribution is 2.38. The number of carbonyl (C=O) groups is 2. The maximum atomic E-state index is 15.1. The van der Waals surface area contributed by atoms with Crippen molar-refractivity contribution in [1.82, 2.24) is 25.1 Å². The van der Waals surface area contributed by atoms with Gasteiger partial charge in [0.2, 0.25) is 5.91 Å². The summed E-state index contributed by atoms with van der Waals surface area (Å²) in [6.07, 6.45) is 4.69. The standard InChI is InChI=1S/C36H47F2N5O4/c1-3-4-8-15-40-35(45)30-20-39-19-27(30)22-43(36(46)24(2)44)33(26-13-16-47-17-14-26)34-41-32(29-18-28(37)11-12-31(29)38)23-42(34)21-25-9-6-5-7-10-25/h5-7,9-12,18,23-24,26-27,30,33,39,44H,3-4,8,13-17,19-22H2,1-2H3,(H,40,45). The Kier molecular flexibility index (Phi) is 12.1. The lowest BCUT2D eigenvalue weighted by Gasteiger charge is -2.40. The molecule has 0 aliphatic carbocycles. The summed E-state index contributed by atoms with van der Waals surface area (Å²) in [6.45, 7) is 6.79. The Morgan fingerprint density at radius 1 is 1.13 bits per heavy atom. The minimum atomic E-state index is -1.30. The van der Waals surface area contributed by atoms with Crippen LogP contribution in [0.15, 0.2) is 54.7 Å². The number of halogens is 2. The minimum absolute atomic E-state index is 0.0250. The Morgan fingerprint density at radius 3 is 2.62 bits per heavy atom. The van der Waals surface area contributed by atoms with E-state index in [0.29, 0.717) is 58.1 Å². The number of amides is 2. The van der Waals surface area contributed by atoms with Crippen molar-refractivity contribution < 1.29 is 28.2 Å². The van der Waals surface area contributed by atoms with Crippen molar-refractivity contribution in [3.63, 3.8) is 0 Å². The smallest absolute Gasteiger partial charge is 0.251 e. The van der Waals surface area contributed by atoms with Crippen molar-refractivity contribution in [2.45, 2.75) is 64.6 Å². The van der Waals surface area contributed by atoms with Crippen LogP contribution in [0, 0.1) is 29.4 Å². The van der Waals surface area contributed by atoms with Crippen molar-refractivity contribution in [3.8, 4) is 11.3 Å². The molecule has 11 heteroatoms. The van der Waals surface area contributed by atoms with E-state index < -0.39 is 29.7 Å². The van der Waals surface area contributed by atoms with Crippen LogP contribution < -0.4 is 10.6 Å². The first kappa shape index (κ1) is 34.7. The number of ether oxygens (including phenoxy) is 1. The number of rotatable bonds is 14. The normalized spacial score (nSPS) is 19.8. The van der Waals surface area contributed by atoms with Crippen LogP contribution in [-0.2, 0) is 20.9 Å². The predicted molar refractivity (Wildman–Crippen MR) is 175 cm³/mol. The van der Waals surface area contributed by atoms with E-state index in [1.165, 1.54) is 6.92 Å². The van der Waals surface area contributed by atoms with E-state index in [9.17, 15) is 19.1 Å². The van der Waals surface area contributed by atoms with E-state index in [1.807, 2.05) is 34.9 Å². The average Bonchev–Trinajstić information content (AvgIpc) is 3.72. The molecule has 3 aromatic rings. The molecule has 0 spiro atoms. The summed E-state index contributed by atoms with van der Waals surface area (Å²) in [5, 5.41) is 17.1. The molecule has 4 atom stereocenters. The molecule has 5 rings (SSSR count). The van der Waals surface area contributed by atoms with Crippen LogP contribution in [0.2, 0.25) is 0 Å². The second kappa shape index (κ2) is 16.4. The molecule has 9 nitrogen and oxygen atoms in total. The third kappa shape index (κ3) is 8.63. The SMILES string of the molecule is CCCCCNC(=O)C1CNCC1CN(C(=O)C(C)O)C(c1nc(-c2cc(F)ccc2F)cn1Cc1ccccc1)C1CCOCC1. The third-order valence-electron chi connectivity index (χ3n) is 9.35. The number of aliphatic hydroxyl groups excluding tert-OH is 1. The Labute approximate surface area is 275 Å². The van der Waals surface area contributed by atoms with E-state index in [2.05, 4.69) is 17.6 Å². The molecular formula is C36H47F2N5O4. The molecule has 47 heavy (non-hydrogen) atoms. The molecule has 2 aliphatic heterocycles. The number of unbranched alkanes of at least 4 members (excludes halogenated alkanes) is 2. The first-order valence-corrected chi connectivity index (χ1v) is 16.9. The topological polar surface area (TPSA) is 109 Å². The van der Waals surface area contributed by atoms with Gasteiger partial charge in [0.05, 0.1) is 17.7 Å². The van der Waals surface area contributed by atoms with E-state index in [1.54, 1.807) is 11.1 Å². The van der Waals surface area contributed by atoms with Gasteiger partial charge < -0.3 is 29.9 Å². The molecule has 4 unspecified atom stereocenters. The summed E-state index contributed by atoms with van der Waals surface area (Å²) in [5.41, 5.74) is 1.25. The number of nitrogens with zero attached hydrogens (tertiary/aromatic N) is 3. The maximum Gasteiger partial charge on any atom is 0.251 e. The quantitative estimate of drug-likeness (QED) is 0.218. The number of aliphatic hydroxyl groups is 1. The zero-order valence-corrected chi connectivity index (χ0v) is 27.3. The fraction of sp³-hybridized carbons (Fsp3) is 0.528. The maximum absolute atomic E-state index is 15.1. The van der Waals surface area contributed by atoms with Crippen LogP contribution in [0.25, 0.3) is 11.3 Å². The first-order valence-electron chi connectivity index (χ1n) is 16.9. The average molecular weight is 652 g/mol. The fourth-order valence-corrected chi connectivity index (χ4v) is 6.82. The molecule has 2 aliphatic rings. The van der Waals surface area contributed by atoms with Crippen LogP contribution in [0.3, 0.4) is 0 Å². The lowest BCUT2D eigenvalue weighted by Crippen LogP contribution is -2.49. The largest absolute Gasteiger partial charge is 0.384 e. The number of hydrogen-bond acceptors (Lipinski definition) is 6. The van der Waals surface area contributed by atoms with Crippen molar-refractivity contribution in [2.24, 2.45) is 17.8 Å². The second-order valence-electron chi connectivity index (χ2n) is 12.8. The van der Waals surface area contributed by atoms with Crippen LogP contribution >= 0.6 is 0 Å². The lowest BCUT2D eigenvalue weighted by molar-refractivity contribution is -0.146. The summed E-state index contributed by atoms with van der Waals surface area (Å²) in [6, 6.07) is 12.4. The summed E-state index contributed by atoms with van der Waals surface area (Å²) in [5.74, 6) is -1.84. The lowest BCUT2D eigenvalue weighted by atomic mass is 9.87. The highest BCUT2D eigenvalue weighted by Gasteiger charge is 2.42. The molecular weight excluding hydrogens is 604 g/mol. The van der Waals surface area contributed by atoms with Crippen LogP contribution in [-0.4, -0.2) is 76.9 Å². The van der Waals surface area contributed by atoms with Gasteiger partial charge in [-0.3, -0.25) is 9.59 Å². The number of nitrogens with one attached hydrogen (secondary N) is 2. The first-order chi connectivity index (χ1) is 22.8. The molecule has 2 amide bonds.